The molecule has 0 saturated carbocycles. The van der Waals surface area contributed by atoms with E-state index in [4.69, 9.17) is 10.2 Å². The van der Waals surface area contributed by atoms with E-state index >= 15 is 0 Å². The predicted molar refractivity (Wildman–Crippen MR) is 46.3 cm³/mol. The van der Waals surface area contributed by atoms with Gasteiger partial charge in [0.2, 0.25) is 0 Å². The highest BCUT2D eigenvalue weighted by Crippen LogP contribution is 2.07. The van der Waals surface area contributed by atoms with Gasteiger partial charge < -0.3 is 10.2 Å². The van der Waals surface area contributed by atoms with Crippen LogP contribution in [0.2, 0.25) is 0 Å². The molecule has 0 bridgehead atoms. The maximum Gasteiger partial charge on any atom is 0.306 e. The maximum absolute atomic E-state index is 10.2. The average molecular weight is 258 g/mol. The highest BCUT2D eigenvalue weighted by Gasteiger charge is 2.14. The molecule has 2 unspecified atom stereocenters. The monoisotopic (exact) mass is 258 g/mol. The Kier molecular flexibility index (Phi) is 4.98. The highest BCUT2D eigenvalue weighted by atomic mass is 127. The van der Waals surface area contributed by atoms with Crippen molar-refractivity contribution in [3.05, 3.63) is 0 Å². The number of hydrogen-bond donors (Lipinski definition) is 2. The largest absolute Gasteiger partial charge is 0.481 e. The zero-order valence-corrected chi connectivity index (χ0v) is 7.91. The second-order valence-corrected chi connectivity index (χ2v) is 3.16. The molecule has 2 atom stereocenters. The van der Waals surface area contributed by atoms with E-state index in [1.807, 2.05) is 22.6 Å². The lowest BCUT2D eigenvalue weighted by Crippen LogP contribution is -2.18. The Morgan fingerprint density at radius 1 is 1.70 bits per heavy atom. The summed E-state index contributed by atoms with van der Waals surface area (Å²) >= 11 is 2.03. The van der Waals surface area contributed by atoms with Gasteiger partial charge >= 0.3 is 5.97 Å². The standard InChI is InChI=1S/C6H11IO3/c1-4(6(9)10)2-5(8)3-7/h4-5,8H,2-3H2,1H3,(H,9,10). The summed E-state index contributed by atoms with van der Waals surface area (Å²) in [5.41, 5.74) is 0. The Morgan fingerprint density at radius 3 is 2.50 bits per heavy atom. The van der Waals surface area contributed by atoms with Crippen molar-refractivity contribution in [1.29, 1.82) is 0 Å². The van der Waals surface area contributed by atoms with E-state index in [1.54, 1.807) is 6.92 Å². The molecule has 4 heteroatoms. The Morgan fingerprint density at radius 2 is 2.20 bits per heavy atom. The SMILES string of the molecule is CC(CC(O)CI)C(=O)O. The molecule has 10 heavy (non-hydrogen) atoms. The molecule has 0 aromatic rings. The Hall–Kier alpha value is 0.160. The van der Waals surface area contributed by atoms with E-state index in [0.29, 0.717) is 10.8 Å². The zero-order chi connectivity index (χ0) is 8.15. The number of hydrogen-bond acceptors (Lipinski definition) is 2. The number of halogens is 1. The second kappa shape index (κ2) is 4.90. The first-order chi connectivity index (χ1) is 4.57. The van der Waals surface area contributed by atoms with E-state index in [2.05, 4.69) is 0 Å². The number of aliphatic hydroxyl groups is 1. The summed E-state index contributed by atoms with van der Waals surface area (Å²) < 4.78 is 0.593. The van der Waals surface area contributed by atoms with E-state index in [0.717, 1.165) is 0 Å². The van der Waals surface area contributed by atoms with E-state index in [1.165, 1.54) is 0 Å². The summed E-state index contributed by atoms with van der Waals surface area (Å²) in [6.07, 6.45) is -0.134. The summed E-state index contributed by atoms with van der Waals surface area (Å²) in [5.74, 6) is -1.28. The third kappa shape index (κ3) is 4.05. The highest BCUT2D eigenvalue weighted by molar-refractivity contribution is 14.1. The van der Waals surface area contributed by atoms with Crippen LogP contribution in [-0.2, 0) is 4.79 Å². The van der Waals surface area contributed by atoms with Gasteiger partial charge in [0.1, 0.15) is 0 Å². The fraction of sp³-hybridized carbons (Fsp3) is 0.833. The molecule has 0 amide bonds. The Bertz CT molecular complexity index is 116. The van der Waals surface area contributed by atoms with Crippen LogP contribution in [-0.4, -0.2) is 26.7 Å². The van der Waals surface area contributed by atoms with Crippen LogP contribution in [0.15, 0.2) is 0 Å². The number of carboxylic acids is 1. The quantitative estimate of drug-likeness (QED) is 0.581. The van der Waals surface area contributed by atoms with Crippen molar-refractivity contribution in [3.63, 3.8) is 0 Å². The molecule has 0 aliphatic rings. The lowest BCUT2D eigenvalue weighted by Gasteiger charge is -2.09. The van der Waals surface area contributed by atoms with Gasteiger partial charge in [0, 0.05) is 4.43 Å². The molecular weight excluding hydrogens is 247 g/mol. The summed E-state index contributed by atoms with van der Waals surface area (Å²) in [6, 6.07) is 0. The Balaban J connectivity index is 3.56. The smallest absolute Gasteiger partial charge is 0.306 e. The number of alkyl halides is 1. The molecule has 0 radical (unpaired) electrons. The van der Waals surface area contributed by atoms with Crippen LogP contribution in [0.4, 0.5) is 0 Å². The van der Waals surface area contributed by atoms with Gasteiger partial charge in [-0.25, -0.2) is 0 Å². The van der Waals surface area contributed by atoms with Crippen LogP contribution in [0, 0.1) is 5.92 Å². The van der Waals surface area contributed by atoms with Crippen molar-refractivity contribution in [1.82, 2.24) is 0 Å². The van der Waals surface area contributed by atoms with Crippen molar-refractivity contribution in [2.75, 3.05) is 4.43 Å². The lowest BCUT2D eigenvalue weighted by atomic mass is 10.1. The molecule has 0 aromatic carbocycles. The summed E-state index contributed by atoms with van der Waals surface area (Å²) in [5, 5.41) is 17.4. The first-order valence-electron chi connectivity index (χ1n) is 3.04. The molecule has 0 aliphatic carbocycles. The summed E-state index contributed by atoms with van der Waals surface area (Å²) in [7, 11) is 0. The molecular formula is C6H11IO3. The minimum absolute atomic E-state index is 0.346. The van der Waals surface area contributed by atoms with Crippen molar-refractivity contribution >= 4 is 28.6 Å². The zero-order valence-electron chi connectivity index (χ0n) is 5.75. The predicted octanol–water partition coefficient (Wildman–Crippen LogP) is 0.893. The van der Waals surface area contributed by atoms with Gasteiger partial charge in [-0.05, 0) is 6.42 Å². The first-order valence-corrected chi connectivity index (χ1v) is 4.57. The molecule has 3 nitrogen and oxygen atoms in total. The van der Waals surface area contributed by atoms with Gasteiger partial charge in [-0.2, -0.15) is 0 Å². The molecule has 0 fully saturated rings. The van der Waals surface area contributed by atoms with Crippen LogP contribution >= 0.6 is 22.6 Å². The van der Waals surface area contributed by atoms with Crippen LogP contribution in [0.3, 0.4) is 0 Å². The van der Waals surface area contributed by atoms with Crippen molar-refractivity contribution in [3.8, 4) is 0 Å². The molecule has 0 spiro atoms. The average Bonchev–Trinajstić information content (AvgIpc) is 1.87. The normalized spacial score (nSPS) is 16.3. The first kappa shape index (κ1) is 10.2. The van der Waals surface area contributed by atoms with Crippen LogP contribution in [0.25, 0.3) is 0 Å². The number of carbonyl (C=O) groups is 1. The molecule has 0 rings (SSSR count). The van der Waals surface area contributed by atoms with Crippen LogP contribution in [0.1, 0.15) is 13.3 Å². The van der Waals surface area contributed by atoms with Crippen molar-refractivity contribution < 1.29 is 15.0 Å². The fourth-order valence-corrected chi connectivity index (χ4v) is 0.932. The number of rotatable bonds is 4. The molecule has 2 N–H and O–H groups in total. The van der Waals surface area contributed by atoms with Crippen molar-refractivity contribution in [2.45, 2.75) is 19.4 Å². The number of carboxylic acid groups (broad SMARTS) is 1. The van der Waals surface area contributed by atoms with Crippen molar-refractivity contribution in [2.24, 2.45) is 5.92 Å². The minimum atomic E-state index is -0.844. The van der Waals surface area contributed by atoms with E-state index in [9.17, 15) is 4.79 Å². The van der Waals surface area contributed by atoms with Gasteiger partial charge in [-0.3, -0.25) is 4.79 Å². The van der Waals surface area contributed by atoms with Gasteiger partial charge in [0.05, 0.1) is 12.0 Å². The summed E-state index contributed by atoms with van der Waals surface area (Å²) in [6.45, 7) is 1.60. The van der Waals surface area contributed by atoms with Crippen LogP contribution < -0.4 is 0 Å². The summed E-state index contributed by atoms with van der Waals surface area (Å²) in [4.78, 5) is 10.2. The van der Waals surface area contributed by atoms with Gasteiger partial charge in [-0.1, -0.05) is 29.5 Å². The number of aliphatic hydroxyl groups excluding tert-OH is 1. The van der Waals surface area contributed by atoms with E-state index < -0.39 is 18.0 Å². The minimum Gasteiger partial charge on any atom is -0.481 e. The number of aliphatic carboxylic acids is 1. The topological polar surface area (TPSA) is 57.5 Å². The second-order valence-electron chi connectivity index (χ2n) is 2.28. The fourth-order valence-electron chi connectivity index (χ4n) is 0.572. The molecule has 60 valence electrons. The molecule has 0 aromatic heterocycles. The van der Waals surface area contributed by atoms with Gasteiger partial charge in [0.15, 0.2) is 0 Å². The third-order valence-electron chi connectivity index (χ3n) is 1.23. The molecule has 0 heterocycles. The van der Waals surface area contributed by atoms with Gasteiger partial charge in [-0.15, -0.1) is 0 Å². The molecule has 0 aliphatic heterocycles. The van der Waals surface area contributed by atoms with Gasteiger partial charge in [0.25, 0.3) is 0 Å². The third-order valence-corrected chi connectivity index (χ3v) is 2.24. The Labute approximate surface area is 73.6 Å². The molecule has 0 saturated heterocycles. The van der Waals surface area contributed by atoms with E-state index in [-0.39, 0.29) is 0 Å². The lowest BCUT2D eigenvalue weighted by molar-refractivity contribution is -0.142. The van der Waals surface area contributed by atoms with Crippen LogP contribution in [0.5, 0.6) is 0 Å². The maximum atomic E-state index is 10.2.